The van der Waals surface area contributed by atoms with Gasteiger partial charge in [-0.15, -0.1) is 24.0 Å². The first-order valence-corrected chi connectivity index (χ1v) is 9.18. The number of nitrogens with zero attached hydrogens (tertiary/aromatic N) is 1. The quantitative estimate of drug-likeness (QED) is 0.178. The van der Waals surface area contributed by atoms with Crippen LogP contribution in [0.25, 0.3) is 0 Å². The maximum absolute atomic E-state index is 11.6. The molecule has 7 heteroatoms. The zero-order valence-corrected chi connectivity index (χ0v) is 18.6. The molecule has 0 aliphatic carbocycles. The highest BCUT2D eigenvalue weighted by molar-refractivity contribution is 14.0. The second-order valence-corrected chi connectivity index (χ2v) is 7.27. The zero-order valence-electron chi connectivity index (χ0n) is 16.2. The van der Waals surface area contributed by atoms with Crippen molar-refractivity contribution >= 4 is 35.9 Å². The van der Waals surface area contributed by atoms with Gasteiger partial charge in [0.2, 0.25) is 0 Å². The normalized spacial score (nSPS) is 17.8. The number of hydrogen-bond donors (Lipinski definition) is 2. The van der Waals surface area contributed by atoms with Gasteiger partial charge in [0.25, 0.3) is 0 Å². The largest absolute Gasteiger partial charge is 0.460 e. The standard InChI is InChI=1S/C18H35N3O3.HI/c1-18(2,3)24-16(22)11-7-5-6-8-12-20-17(19-4)21-14-15-10-9-13-23-15;/h15H,5-14H2,1-4H3,(H2,19,20,21);1H. The van der Waals surface area contributed by atoms with E-state index >= 15 is 0 Å². The summed E-state index contributed by atoms with van der Waals surface area (Å²) in [6.45, 7) is 8.28. The number of nitrogens with one attached hydrogen (secondary N) is 2. The number of guanidine groups is 1. The Balaban J connectivity index is 0.00000576. The minimum atomic E-state index is -0.382. The van der Waals surface area contributed by atoms with E-state index in [1.165, 1.54) is 0 Å². The highest BCUT2D eigenvalue weighted by Gasteiger charge is 2.16. The molecule has 1 heterocycles. The zero-order chi connectivity index (χ0) is 17.8. The van der Waals surface area contributed by atoms with Gasteiger partial charge >= 0.3 is 5.97 Å². The molecule has 1 atom stereocenters. The molecule has 1 fully saturated rings. The van der Waals surface area contributed by atoms with Crippen molar-refractivity contribution in [3.8, 4) is 0 Å². The Morgan fingerprint density at radius 3 is 2.52 bits per heavy atom. The van der Waals surface area contributed by atoms with E-state index in [0.29, 0.717) is 12.5 Å². The average Bonchev–Trinajstić information content (AvgIpc) is 3.00. The lowest BCUT2D eigenvalue weighted by molar-refractivity contribution is -0.154. The molecule has 1 rings (SSSR count). The molecular weight excluding hydrogens is 433 g/mol. The second kappa shape index (κ2) is 13.6. The van der Waals surface area contributed by atoms with Crippen LogP contribution in [0, 0.1) is 0 Å². The van der Waals surface area contributed by atoms with Crippen molar-refractivity contribution in [2.45, 2.75) is 77.4 Å². The monoisotopic (exact) mass is 469 g/mol. The molecule has 0 saturated carbocycles. The summed E-state index contributed by atoms with van der Waals surface area (Å²) < 4.78 is 10.9. The number of esters is 1. The number of rotatable bonds is 9. The van der Waals surface area contributed by atoms with Crippen molar-refractivity contribution < 1.29 is 14.3 Å². The van der Waals surface area contributed by atoms with Gasteiger partial charge in [-0.3, -0.25) is 9.79 Å². The third-order valence-electron chi connectivity index (χ3n) is 3.76. The topological polar surface area (TPSA) is 72.0 Å². The average molecular weight is 469 g/mol. The molecule has 6 nitrogen and oxygen atoms in total. The van der Waals surface area contributed by atoms with E-state index in [9.17, 15) is 4.79 Å². The molecule has 1 unspecified atom stereocenters. The van der Waals surface area contributed by atoms with E-state index < -0.39 is 0 Å². The first kappa shape index (κ1) is 24.4. The lowest BCUT2D eigenvalue weighted by atomic mass is 10.1. The summed E-state index contributed by atoms with van der Waals surface area (Å²) in [5, 5.41) is 6.62. The Kier molecular flexibility index (Phi) is 13.3. The van der Waals surface area contributed by atoms with Crippen molar-refractivity contribution in [3.63, 3.8) is 0 Å². The van der Waals surface area contributed by atoms with Gasteiger partial charge in [-0.2, -0.15) is 0 Å². The summed E-state index contributed by atoms with van der Waals surface area (Å²) in [5.74, 6) is 0.735. The third-order valence-corrected chi connectivity index (χ3v) is 3.76. The van der Waals surface area contributed by atoms with E-state index in [2.05, 4.69) is 15.6 Å². The second-order valence-electron chi connectivity index (χ2n) is 7.27. The molecule has 0 aromatic heterocycles. The summed E-state index contributed by atoms with van der Waals surface area (Å²) in [5.41, 5.74) is -0.382. The van der Waals surface area contributed by atoms with E-state index in [-0.39, 0.29) is 35.5 Å². The molecule has 1 aliphatic rings. The van der Waals surface area contributed by atoms with Gasteiger partial charge in [-0.25, -0.2) is 0 Å². The van der Waals surface area contributed by atoms with Crippen LogP contribution in [0.5, 0.6) is 0 Å². The SMILES string of the molecule is CN=C(NCCCCCCC(=O)OC(C)(C)C)NCC1CCCO1.I. The fraction of sp³-hybridized carbons (Fsp3) is 0.889. The molecule has 1 saturated heterocycles. The van der Waals surface area contributed by atoms with E-state index in [4.69, 9.17) is 9.47 Å². The van der Waals surface area contributed by atoms with Gasteiger partial charge in [0.15, 0.2) is 5.96 Å². The number of carbonyl (C=O) groups is 1. The Morgan fingerprint density at radius 2 is 1.92 bits per heavy atom. The van der Waals surface area contributed by atoms with Crippen LogP contribution in [-0.2, 0) is 14.3 Å². The van der Waals surface area contributed by atoms with Crippen LogP contribution in [0.3, 0.4) is 0 Å². The lowest BCUT2D eigenvalue weighted by Crippen LogP contribution is -2.41. The van der Waals surface area contributed by atoms with Crippen LogP contribution < -0.4 is 10.6 Å². The highest BCUT2D eigenvalue weighted by atomic mass is 127. The van der Waals surface area contributed by atoms with Gasteiger partial charge in [-0.05, 0) is 46.5 Å². The Hall–Kier alpha value is -0.570. The number of carbonyl (C=O) groups excluding carboxylic acids is 1. The molecule has 25 heavy (non-hydrogen) atoms. The number of ether oxygens (including phenoxy) is 2. The van der Waals surface area contributed by atoms with Crippen LogP contribution in [-0.4, -0.2) is 50.4 Å². The number of halogens is 1. The highest BCUT2D eigenvalue weighted by Crippen LogP contribution is 2.11. The van der Waals surface area contributed by atoms with Crippen molar-refractivity contribution in [3.05, 3.63) is 0 Å². The van der Waals surface area contributed by atoms with E-state index in [0.717, 1.165) is 64.2 Å². The molecule has 0 amide bonds. The first-order valence-electron chi connectivity index (χ1n) is 9.18. The molecule has 0 aromatic rings. The summed E-state index contributed by atoms with van der Waals surface area (Å²) in [6.07, 6.45) is 7.20. The van der Waals surface area contributed by atoms with Crippen LogP contribution in [0.1, 0.15) is 65.7 Å². The number of aliphatic imine (C=N–C) groups is 1. The van der Waals surface area contributed by atoms with Crippen molar-refractivity contribution in [2.24, 2.45) is 4.99 Å². The van der Waals surface area contributed by atoms with Crippen molar-refractivity contribution in [1.82, 2.24) is 10.6 Å². The van der Waals surface area contributed by atoms with Gasteiger partial charge in [0.1, 0.15) is 5.60 Å². The fourth-order valence-electron chi connectivity index (χ4n) is 2.58. The molecule has 0 spiro atoms. The molecule has 148 valence electrons. The van der Waals surface area contributed by atoms with Crippen LogP contribution in [0.15, 0.2) is 4.99 Å². The predicted molar refractivity (Wildman–Crippen MR) is 113 cm³/mol. The van der Waals surface area contributed by atoms with Crippen LogP contribution in [0.4, 0.5) is 0 Å². The van der Waals surface area contributed by atoms with Gasteiger partial charge < -0.3 is 20.1 Å². The summed E-state index contributed by atoms with van der Waals surface area (Å²) in [6, 6.07) is 0. The molecule has 2 N–H and O–H groups in total. The number of hydrogen-bond acceptors (Lipinski definition) is 4. The predicted octanol–water partition coefficient (Wildman–Crippen LogP) is 3.24. The Labute approximate surface area is 169 Å². The Bertz CT molecular complexity index is 392. The molecule has 0 radical (unpaired) electrons. The van der Waals surface area contributed by atoms with Crippen LogP contribution >= 0.6 is 24.0 Å². The third kappa shape index (κ3) is 13.3. The number of unbranched alkanes of at least 4 members (excludes halogenated alkanes) is 3. The van der Waals surface area contributed by atoms with Crippen LogP contribution in [0.2, 0.25) is 0 Å². The van der Waals surface area contributed by atoms with Crippen molar-refractivity contribution in [1.29, 1.82) is 0 Å². The van der Waals surface area contributed by atoms with Crippen molar-refractivity contribution in [2.75, 3.05) is 26.7 Å². The smallest absolute Gasteiger partial charge is 0.306 e. The molecular formula is C18H36IN3O3. The lowest BCUT2D eigenvalue weighted by Gasteiger charge is -2.19. The van der Waals surface area contributed by atoms with Gasteiger partial charge in [0.05, 0.1) is 6.10 Å². The Morgan fingerprint density at radius 1 is 1.20 bits per heavy atom. The fourth-order valence-corrected chi connectivity index (χ4v) is 2.58. The first-order chi connectivity index (χ1) is 11.4. The maximum Gasteiger partial charge on any atom is 0.306 e. The van der Waals surface area contributed by atoms with E-state index in [1.54, 1.807) is 7.05 Å². The molecule has 0 bridgehead atoms. The van der Waals surface area contributed by atoms with Gasteiger partial charge in [-0.1, -0.05) is 12.8 Å². The summed E-state index contributed by atoms with van der Waals surface area (Å²) in [4.78, 5) is 15.8. The van der Waals surface area contributed by atoms with Gasteiger partial charge in [0, 0.05) is 33.2 Å². The maximum atomic E-state index is 11.6. The molecule has 0 aromatic carbocycles. The summed E-state index contributed by atoms with van der Waals surface area (Å²) in [7, 11) is 1.78. The minimum Gasteiger partial charge on any atom is -0.460 e. The summed E-state index contributed by atoms with van der Waals surface area (Å²) >= 11 is 0. The molecule has 1 aliphatic heterocycles. The minimum absolute atomic E-state index is 0. The van der Waals surface area contributed by atoms with E-state index in [1.807, 2.05) is 20.8 Å².